The highest BCUT2D eigenvalue weighted by Gasteiger charge is 2.10. The van der Waals surface area contributed by atoms with Crippen LogP contribution >= 0.6 is 0 Å². The molecule has 0 saturated heterocycles. The molecule has 0 bridgehead atoms. The Balaban J connectivity index is 2.21. The molecular weight excluding hydrogens is 232 g/mol. The van der Waals surface area contributed by atoms with E-state index in [4.69, 9.17) is 0 Å². The third-order valence-corrected chi connectivity index (χ3v) is 2.79. The Kier molecular flexibility index (Phi) is 2.16. The summed E-state index contributed by atoms with van der Waals surface area (Å²) in [6.07, 6.45) is 4.34. The molecule has 0 radical (unpaired) electrons. The first kappa shape index (κ1) is 10.5. The fraction of sp³-hybridized carbons (Fsp3) is 0.0833. The maximum atomic E-state index is 11.2. The minimum Gasteiger partial charge on any atom is -0.310 e. The van der Waals surface area contributed by atoms with Crippen molar-refractivity contribution in [2.24, 2.45) is 0 Å². The lowest BCUT2D eigenvalue weighted by Gasteiger charge is -1.91. The third-order valence-electron chi connectivity index (χ3n) is 2.79. The van der Waals surface area contributed by atoms with Gasteiger partial charge in [0.25, 0.3) is 0 Å². The summed E-state index contributed by atoms with van der Waals surface area (Å²) in [5, 5.41) is 0. The van der Waals surface area contributed by atoms with E-state index in [1.165, 1.54) is 0 Å². The minimum absolute atomic E-state index is 0.256. The predicted octanol–water partition coefficient (Wildman–Crippen LogP) is 1.14. The van der Waals surface area contributed by atoms with E-state index in [2.05, 4.69) is 15.0 Å². The van der Waals surface area contributed by atoms with Crippen LogP contribution in [0.25, 0.3) is 17.0 Å². The maximum absolute atomic E-state index is 11.2. The number of fused-ring (bicyclic) bond motifs is 1. The third kappa shape index (κ3) is 1.55. The number of hydrogen-bond acceptors (Lipinski definition) is 3. The second-order valence-electron chi connectivity index (χ2n) is 4.05. The van der Waals surface area contributed by atoms with Crippen molar-refractivity contribution in [3.63, 3.8) is 0 Å². The van der Waals surface area contributed by atoms with Crippen LogP contribution in [0.4, 0.5) is 0 Å². The van der Waals surface area contributed by atoms with Gasteiger partial charge in [0.15, 0.2) is 0 Å². The van der Waals surface area contributed by atoms with Gasteiger partial charge in [-0.2, -0.15) is 0 Å². The standard InChI is InChI=1S/C12H10N4O2/c1-7-11(15-12(18)13-7)9-5-16-3-2-8(6-17)4-10(16)14-9/h2-6H,1H3,(H2,13,15,18). The number of carbonyl (C=O) groups excluding carboxylic acids is 1. The lowest BCUT2D eigenvalue weighted by atomic mass is 10.3. The van der Waals surface area contributed by atoms with Crippen molar-refractivity contribution in [2.75, 3.05) is 0 Å². The van der Waals surface area contributed by atoms with Crippen molar-refractivity contribution >= 4 is 11.9 Å². The fourth-order valence-corrected chi connectivity index (χ4v) is 1.92. The average molecular weight is 242 g/mol. The highest BCUT2D eigenvalue weighted by molar-refractivity contribution is 5.77. The summed E-state index contributed by atoms with van der Waals surface area (Å²) in [4.78, 5) is 31.6. The number of aromatic amines is 2. The molecule has 3 heterocycles. The van der Waals surface area contributed by atoms with Gasteiger partial charge < -0.3 is 14.4 Å². The molecule has 90 valence electrons. The van der Waals surface area contributed by atoms with E-state index >= 15 is 0 Å². The van der Waals surface area contributed by atoms with E-state index in [1.807, 2.05) is 0 Å². The molecule has 6 heteroatoms. The maximum Gasteiger partial charge on any atom is 0.323 e. The predicted molar refractivity (Wildman–Crippen MR) is 65.7 cm³/mol. The van der Waals surface area contributed by atoms with Crippen LogP contribution in [0, 0.1) is 6.92 Å². The van der Waals surface area contributed by atoms with Crippen molar-refractivity contribution in [1.82, 2.24) is 19.4 Å². The van der Waals surface area contributed by atoms with Crippen molar-refractivity contribution < 1.29 is 4.79 Å². The Morgan fingerprint density at radius 1 is 1.39 bits per heavy atom. The van der Waals surface area contributed by atoms with Gasteiger partial charge in [-0.3, -0.25) is 4.79 Å². The number of hydrogen-bond donors (Lipinski definition) is 2. The summed E-state index contributed by atoms with van der Waals surface area (Å²) < 4.78 is 1.80. The second-order valence-corrected chi connectivity index (χ2v) is 4.05. The molecule has 2 N–H and O–H groups in total. The first-order chi connectivity index (χ1) is 8.67. The molecular formula is C12H10N4O2. The van der Waals surface area contributed by atoms with E-state index in [0.29, 0.717) is 22.6 Å². The Morgan fingerprint density at radius 3 is 2.89 bits per heavy atom. The summed E-state index contributed by atoms with van der Waals surface area (Å²) in [5.74, 6) is 0. The van der Waals surface area contributed by atoms with Gasteiger partial charge in [0.05, 0.1) is 5.69 Å². The number of imidazole rings is 2. The van der Waals surface area contributed by atoms with Crippen LogP contribution in [0.2, 0.25) is 0 Å². The molecule has 0 aliphatic heterocycles. The lowest BCUT2D eigenvalue weighted by molar-refractivity contribution is 0.112. The summed E-state index contributed by atoms with van der Waals surface area (Å²) in [7, 11) is 0. The van der Waals surface area contributed by atoms with Crippen molar-refractivity contribution in [1.29, 1.82) is 0 Å². The molecule has 0 atom stereocenters. The number of aryl methyl sites for hydroxylation is 1. The number of nitrogens with zero attached hydrogens (tertiary/aromatic N) is 2. The average Bonchev–Trinajstić information content (AvgIpc) is 2.90. The molecule has 3 aromatic heterocycles. The van der Waals surface area contributed by atoms with Gasteiger partial charge in [-0.25, -0.2) is 9.78 Å². The molecule has 18 heavy (non-hydrogen) atoms. The van der Waals surface area contributed by atoms with Gasteiger partial charge in [0.2, 0.25) is 0 Å². The fourth-order valence-electron chi connectivity index (χ4n) is 1.92. The topological polar surface area (TPSA) is 83.0 Å². The van der Waals surface area contributed by atoms with Gasteiger partial charge in [-0.05, 0) is 19.1 Å². The zero-order valence-corrected chi connectivity index (χ0v) is 9.60. The van der Waals surface area contributed by atoms with Crippen LogP contribution in [0.5, 0.6) is 0 Å². The zero-order chi connectivity index (χ0) is 12.7. The number of rotatable bonds is 2. The molecule has 0 aromatic carbocycles. The van der Waals surface area contributed by atoms with E-state index < -0.39 is 0 Å². The number of H-pyrrole nitrogens is 2. The number of carbonyl (C=O) groups is 1. The van der Waals surface area contributed by atoms with Crippen LogP contribution in [-0.4, -0.2) is 25.6 Å². The van der Waals surface area contributed by atoms with Crippen LogP contribution in [0.3, 0.4) is 0 Å². The van der Waals surface area contributed by atoms with E-state index in [-0.39, 0.29) is 5.69 Å². The van der Waals surface area contributed by atoms with E-state index in [1.54, 1.807) is 35.9 Å². The molecule has 0 amide bonds. The minimum atomic E-state index is -0.256. The summed E-state index contributed by atoms with van der Waals surface area (Å²) in [5.41, 5.74) is 3.03. The smallest absolute Gasteiger partial charge is 0.310 e. The molecule has 0 saturated carbocycles. The zero-order valence-electron chi connectivity index (χ0n) is 9.60. The number of aldehydes is 1. The molecule has 6 nitrogen and oxygen atoms in total. The summed E-state index contributed by atoms with van der Waals surface area (Å²) in [6.45, 7) is 1.80. The first-order valence-electron chi connectivity index (χ1n) is 5.40. The van der Waals surface area contributed by atoms with Gasteiger partial charge in [0.1, 0.15) is 17.6 Å². The van der Waals surface area contributed by atoms with Crippen molar-refractivity contribution in [3.8, 4) is 11.4 Å². The molecule has 0 aliphatic rings. The number of nitrogens with one attached hydrogen (secondary N) is 2. The Morgan fingerprint density at radius 2 is 2.22 bits per heavy atom. The summed E-state index contributed by atoms with van der Waals surface area (Å²) in [6, 6.07) is 3.40. The molecule has 0 spiro atoms. The van der Waals surface area contributed by atoms with Gasteiger partial charge >= 0.3 is 5.69 Å². The SMILES string of the molecule is Cc1[nH]c(=O)[nH]c1-c1cn2ccc(C=O)cc2n1. The van der Waals surface area contributed by atoms with Crippen LogP contribution < -0.4 is 5.69 Å². The molecule has 0 unspecified atom stereocenters. The molecule has 3 rings (SSSR count). The van der Waals surface area contributed by atoms with E-state index in [9.17, 15) is 9.59 Å². The van der Waals surface area contributed by atoms with Gasteiger partial charge in [-0.15, -0.1) is 0 Å². The molecule has 0 aliphatic carbocycles. The normalized spacial score (nSPS) is 10.9. The highest BCUT2D eigenvalue weighted by atomic mass is 16.1. The largest absolute Gasteiger partial charge is 0.323 e. The monoisotopic (exact) mass is 242 g/mol. The highest BCUT2D eigenvalue weighted by Crippen LogP contribution is 2.18. The van der Waals surface area contributed by atoms with E-state index in [0.717, 1.165) is 12.0 Å². The quantitative estimate of drug-likeness (QED) is 0.661. The Bertz CT molecular complexity index is 794. The van der Waals surface area contributed by atoms with Gasteiger partial charge in [-0.1, -0.05) is 0 Å². The Hall–Kier alpha value is -2.63. The molecule has 0 fully saturated rings. The van der Waals surface area contributed by atoms with Crippen LogP contribution in [-0.2, 0) is 0 Å². The number of aromatic nitrogens is 4. The van der Waals surface area contributed by atoms with Crippen molar-refractivity contribution in [2.45, 2.75) is 6.92 Å². The van der Waals surface area contributed by atoms with Crippen LogP contribution in [0.15, 0.2) is 29.3 Å². The lowest BCUT2D eigenvalue weighted by Crippen LogP contribution is -2.00. The first-order valence-corrected chi connectivity index (χ1v) is 5.40. The Labute approximate surface area is 101 Å². The second kappa shape index (κ2) is 3.69. The van der Waals surface area contributed by atoms with Crippen LogP contribution in [0.1, 0.15) is 16.1 Å². The number of pyridine rings is 1. The van der Waals surface area contributed by atoms with Crippen molar-refractivity contribution in [3.05, 3.63) is 46.3 Å². The molecule has 3 aromatic rings. The van der Waals surface area contributed by atoms with Gasteiger partial charge in [0, 0.05) is 23.7 Å². The summed E-state index contributed by atoms with van der Waals surface area (Å²) >= 11 is 0.